The van der Waals surface area contributed by atoms with E-state index in [1.165, 1.54) is 24.5 Å². The summed E-state index contributed by atoms with van der Waals surface area (Å²) in [5, 5.41) is 11.0. The first-order valence-electron chi connectivity index (χ1n) is 10.2. The van der Waals surface area contributed by atoms with Crippen LogP contribution in [0.5, 0.6) is 0 Å². The highest BCUT2D eigenvalue weighted by Gasteiger charge is 2.23. The second-order valence-corrected chi connectivity index (χ2v) is 7.08. The summed E-state index contributed by atoms with van der Waals surface area (Å²) in [7, 11) is 0. The molecule has 2 aromatic rings. The van der Waals surface area contributed by atoms with Crippen molar-refractivity contribution < 1.29 is 9.18 Å². The van der Waals surface area contributed by atoms with E-state index in [1.807, 2.05) is 26.8 Å². The summed E-state index contributed by atoms with van der Waals surface area (Å²) in [5.74, 6) is -0.217. The van der Waals surface area contributed by atoms with Gasteiger partial charge >= 0.3 is 0 Å². The molecule has 0 fully saturated rings. The van der Waals surface area contributed by atoms with E-state index in [2.05, 4.69) is 20.5 Å². The molecule has 168 valence electrons. The first-order valence-corrected chi connectivity index (χ1v) is 10.2. The fraction of sp³-hybridized carbons (Fsp3) is 0.261. The van der Waals surface area contributed by atoms with Crippen LogP contribution in [0.4, 0.5) is 15.9 Å². The Hall–Kier alpha value is -3.88. The van der Waals surface area contributed by atoms with Gasteiger partial charge in [0.15, 0.2) is 5.82 Å². The standard InChI is InChI=1S/C23H28FN7O/c1-4-31(23(32)20-11-16(2)5-7-21(20)30-29-10-9-25)17(3)12-18(13-26)14-27-22-8-6-19(24)15-28-22/h5-11,13-15,17,25,30H,4,12,26H2,1-3H3/b18-13-,25-9?,27-14?,29-10-. The van der Waals surface area contributed by atoms with Crippen LogP contribution in [0.15, 0.2) is 58.4 Å². The third kappa shape index (κ3) is 6.83. The highest BCUT2D eigenvalue weighted by Crippen LogP contribution is 2.22. The van der Waals surface area contributed by atoms with Crippen LogP contribution >= 0.6 is 0 Å². The van der Waals surface area contributed by atoms with Gasteiger partial charge in [0.25, 0.3) is 5.91 Å². The van der Waals surface area contributed by atoms with Crippen molar-refractivity contribution in [3.8, 4) is 0 Å². The molecule has 0 aliphatic carbocycles. The number of hydrogen-bond acceptors (Lipinski definition) is 7. The van der Waals surface area contributed by atoms with Crippen LogP contribution in [0.25, 0.3) is 0 Å². The molecule has 1 aromatic heterocycles. The quantitative estimate of drug-likeness (QED) is 0.383. The monoisotopic (exact) mass is 437 g/mol. The molecule has 1 unspecified atom stereocenters. The summed E-state index contributed by atoms with van der Waals surface area (Å²) in [6.07, 6.45) is 6.92. The number of aromatic nitrogens is 1. The van der Waals surface area contributed by atoms with Crippen LogP contribution in [-0.4, -0.2) is 47.0 Å². The minimum Gasteiger partial charge on any atom is -0.404 e. The molecule has 1 amide bonds. The molecular weight excluding hydrogens is 409 g/mol. The minimum atomic E-state index is -0.433. The number of nitrogens with zero attached hydrogens (tertiary/aromatic N) is 4. The molecule has 1 aromatic carbocycles. The van der Waals surface area contributed by atoms with Gasteiger partial charge in [-0.25, -0.2) is 14.4 Å². The van der Waals surface area contributed by atoms with Crippen LogP contribution < -0.4 is 11.2 Å². The van der Waals surface area contributed by atoms with Crippen molar-refractivity contribution >= 4 is 36.1 Å². The second kappa shape index (κ2) is 12.1. The molecule has 2 rings (SSSR count). The Labute approximate surface area is 187 Å². The third-order valence-electron chi connectivity index (χ3n) is 4.69. The maximum Gasteiger partial charge on any atom is 0.256 e. The summed E-state index contributed by atoms with van der Waals surface area (Å²) in [4.78, 5) is 23.2. The SMILES string of the molecule is CCN(C(=O)c1cc(C)ccc1N/N=C\C=N)C(C)C/C(C=Nc1ccc(F)cn1)=C/N. The van der Waals surface area contributed by atoms with Crippen LogP contribution in [-0.2, 0) is 0 Å². The molecule has 0 aliphatic rings. The largest absolute Gasteiger partial charge is 0.404 e. The average Bonchev–Trinajstić information content (AvgIpc) is 2.79. The lowest BCUT2D eigenvalue weighted by Crippen LogP contribution is -2.39. The number of pyridine rings is 1. The molecule has 8 nitrogen and oxygen atoms in total. The Morgan fingerprint density at radius 1 is 1.38 bits per heavy atom. The molecular formula is C23H28FN7O. The highest BCUT2D eigenvalue weighted by atomic mass is 19.1. The lowest BCUT2D eigenvalue weighted by atomic mass is 10.0. The van der Waals surface area contributed by atoms with E-state index < -0.39 is 5.82 Å². The van der Waals surface area contributed by atoms with Gasteiger partial charge in [0.05, 0.1) is 23.7 Å². The number of halogens is 1. The fourth-order valence-electron chi connectivity index (χ4n) is 3.10. The lowest BCUT2D eigenvalue weighted by molar-refractivity contribution is 0.0705. The van der Waals surface area contributed by atoms with Crippen molar-refractivity contribution in [3.63, 3.8) is 0 Å². The van der Waals surface area contributed by atoms with Crippen molar-refractivity contribution in [2.45, 2.75) is 33.2 Å². The zero-order valence-corrected chi connectivity index (χ0v) is 18.4. The number of anilines is 1. The fourth-order valence-corrected chi connectivity index (χ4v) is 3.10. The number of hydrogen-bond donors (Lipinski definition) is 3. The zero-order chi connectivity index (χ0) is 23.5. The van der Waals surface area contributed by atoms with Gasteiger partial charge in [-0.2, -0.15) is 5.10 Å². The zero-order valence-electron chi connectivity index (χ0n) is 18.4. The van der Waals surface area contributed by atoms with Crippen molar-refractivity contribution in [2.75, 3.05) is 12.0 Å². The normalized spacial score (nSPS) is 12.8. The van der Waals surface area contributed by atoms with E-state index in [0.717, 1.165) is 18.0 Å². The van der Waals surface area contributed by atoms with Crippen molar-refractivity contribution in [1.29, 1.82) is 5.41 Å². The number of rotatable bonds is 10. The van der Waals surface area contributed by atoms with Gasteiger partial charge < -0.3 is 16.0 Å². The predicted molar refractivity (Wildman–Crippen MR) is 127 cm³/mol. The van der Waals surface area contributed by atoms with Crippen LogP contribution in [0.1, 0.15) is 36.2 Å². The average molecular weight is 438 g/mol. The topological polar surface area (TPSA) is 120 Å². The number of benzene rings is 1. The molecule has 0 radical (unpaired) electrons. The molecule has 0 saturated carbocycles. The number of aryl methyl sites for hydroxylation is 1. The Morgan fingerprint density at radius 3 is 2.78 bits per heavy atom. The lowest BCUT2D eigenvalue weighted by Gasteiger charge is -2.29. The van der Waals surface area contributed by atoms with E-state index in [0.29, 0.717) is 35.6 Å². The number of carbonyl (C=O) groups excluding carboxylic acids is 1. The molecule has 4 N–H and O–H groups in total. The summed E-state index contributed by atoms with van der Waals surface area (Å²) >= 11 is 0. The molecule has 0 saturated heterocycles. The Balaban J connectivity index is 2.19. The Morgan fingerprint density at radius 2 is 2.16 bits per heavy atom. The number of nitrogens with two attached hydrogens (primary N) is 1. The minimum absolute atomic E-state index is 0.148. The smallest absolute Gasteiger partial charge is 0.256 e. The van der Waals surface area contributed by atoms with Crippen molar-refractivity contribution in [3.05, 3.63) is 65.2 Å². The van der Waals surface area contributed by atoms with E-state index in [1.54, 1.807) is 23.2 Å². The number of amides is 1. The highest BCUT2D eigenvalue weighted by molar-refractivity contribution is 6.14. The first-order chi connectivity index (χ1) is 15.4. The number of aliphatic imine (C=N–C) groups is 1. The number of hydrazone groups is 1. The van der Waals surface area contributed by atoms with Gasteiger partial charge in [-0.1, -0.05) is 11.6 Å². The summed E-state index contributed by atoms with van der Waals surface area (Å²) in [5.41, 5.74) is 11.3. The maximum absolute atomic E-state index is 13.4. The van der Waals surface area contributed by atoms with Gasteiger partial charge in [0, 0.05) is 25.0 Å². The van der Waals surface area contributed by atoms with Gasteiger partial charge in [0.2, 0.25) is 0 Å². The van der Waals surface area contributed by atoms with Crippen molar-refractivity contribution in [1.82, 2.24) is 9.88 Å². The first kappa shape index (κ1) is 24.4. The van der Waals surface area contributed by atoms with E-state index in [-0.39, 0.29) is 11.9 Å². The summed E-state index contributed by atoms with van der Waals surface area (Å²) < 4.78 is 13.0. The van der Waals surface area contributed by atoms with Crippen LogP contribution in [0.2, 0.25) is 0 Å². The predicted octanol–water partition coefficient (Wildman–Crippen LogP) is 4.06. The van der Waals surface area contributed by atoms with Gasteiger partial charge in [-0.05, 0) is 63.2 Å². The molecule has 0 bridgehead atoms. The molecule has 1 atom stereocenters. The molecule has 32 heavy (non-hydrogen) atoms. The Kier molecular flexibility index (Phi) is 9.22. The van der Waals surface area contributed by atoms with Gasteiger partial charge in [-0.15, -0.1) is 0 Å². The second-order valence-electron chi connectivity index (χ2n) is 7.08. The number of nitrogens with one attached hydrogen (secondary N) is 2. The summed E-state index contributed by atoms with van der Waals surface area (Å²) in [6, 6.07) is 8.06. The van der Waals surface area contributed by atoms with Crippen LogP contribution in [0.3, 0.4) is 0 Å². The van der Waals surface area contributed by atoms with E-state index in [9.17, 15) is 9.18 Å². The van der Waals surface area contributed by atoms with Gasteiger partial charge in [-0.3, -0.25) is 10.2 Å². The molecule has 1 heterocycles. The van der Waals surface area contributed by atoms with Gasteiger partial charge in [0.1, 0.15) is 5.82 Å². The molecule has 0 spiro atoms. The van der Waals surface area contributed by atoms with E-state index >= 15 is 0 Å². The molecule has 9 heteroatoms. The van der Waals surface area contributed by atoms with Crippen LogP contribution in [0, 0.1) is 18.2 Å². The maximum atomic E-state index is 13.4. The van der Waals surface area contributed by atoms with E-state index in [4.69, 9.17) is 11.1 Å². The Bertz CT molecular complexity index is 1020. The number of carbonyl (C=O) groups is 1. The third-order valence-corrected chi connectivity index (χ3v) is 4.69. The summed E-state index contributed by atoms with van der Waals surface area (Å²) in [6.45, 7) is 6.25. The van der Waals surface area contributed by atoms with Crippen molar-refractivity contribution in [2.24, 2.45) is 15.8 Å². The molecule has 0 aliphatic heterocycles.